The molecule has 0 rings (SSSR count). The lowest BCUT2D eigenvalue weighted by molar-refractivity contribution is -0.127. The van der Waals surface area contributed by atoms with E-state index in [1.165, 1.54) is 13.8 Å². The van der Waals surface area contributed by atoms with E-state index in [0.29, 0.717) is 12.3 Å². The van der Waals surface area contributed by atoms with E-state index in [-0.39, 0.29) is 36.0 Å². The fourth-order valence-electron chi connectivity index (χ4n) is 2.30. The van der Waals surface area contributed by atoms with Crippen LogP contribution in [-0.4, -0.2) is 36.1 Å². The molecule has 3 atom stereocenters. The number of ketones is 2. The number of carbonyl (C=O) groups is 3. The summed E-state index contributed by atoms with van der Waals surface area (Å²) in [6, 6.07) is -0.796. The Morgan fingerprint density at radius 2 is 1.62 bits per heavy atom. The summed E-state index contributed by atoms with van der Waals surface area (Å²) in [6.07, 6.45) is 1.47. The summed E-state index contributed by atoms with van der Waals surface area (Å²) in [6.45, 7) is 11.1. The second-order valence-corrected chi connectivity index (χ2v) is 6.20. The Kier molecular flexibility index (Phi) is 9.09. The monoisotopic (exact) mass is 298 g/mol. The van der Waals surface area contributed by atoms with Crippen LogP contribution in [0.5, 0.6) is 0 Å². The van der Waals surface area contributed by atoms with Crippen molar-refractivity contribution in [3.63, 3.8) is 0 Å². The lowest BCUT2D eigenvalue weighted by Gasteiger charge is -2.24. The van der Waals surface area contributed by atoms with Gasteiger partial charge in [0.15, 0.2) is 5.78 Å². The molecule has 21 heavy (non-hydrogen) atoms. The number of nitrogens with one attached hydrogen (secondary N) is 2. The Morgan fingerprint density at radius 3 is 2.00 bits per heavy atom. The number of rotatable bonds is 10. The van der Waals surface area contributed by atoms with Crippen molar-refractivity contribution >= 4 is 17.5 Å². The first kappa shape index (κ1) is 19.8. The van der Waals surface area contributed by atoms with Crippen LogP contribution in [0.25, 0.3) is 0 Å². The second kappa shape index (κ2) is 9.66. The van der Waals surface area contributed by atoms with E-state index in [1.807, 2.05) is 27.7 Å². The Balaban J connectivity index is 4.66. The van der Waals surface area contributed by atoms with Gasteiger partial charge in [0.05, 0.1) is 18.6 Å². The molecule has 0 aromatic carbocycles. The minimum atomic E-state index is -0.487. The summed E-state index contributed by atoms with van der Waals surface area (Å²) < 4.78 is 0. The molecule has 0 radical (unpaired) electrons. The van der Waals surface area contributed by atoms with Gasteiger partial charge in [-0.2, -0.15) is 0 Å². The molecule has 0 aliphatic heterocycles. The predicted octanol–water partition coefficient (Wildman–Crippen LogP) is 1.70. The maximum Gasteiger partial charge on any atom is 0.217 e. The number of Topliss-reactive ketones (excluding diaryl/α,β-unsaturated/α-hetero) is 2. The highest BCUT2D eigenvalue weighted by molar-refractivity contribution is 5.90. The van der Waals surface area contributed by atoms with Gasteiger partial charge >= 0.3 is 0 Å². The summed E-state index contributed by atoms with van der Waals surface area (Å²) in [5.74, 6) is 0.244. The Bertz CT molecular complexity index is 367. The molecule has 0 aromatic heterocycles. The van der Waals surface area contributed by atoms with Gasteiger partial charge in [-0.3, -0.25) is 14.4 Å². The van der Waals surface area contributed by atoms with Crippen LogP contribution in [-0.2, 0) is 14.4 Å². The van der Waals surface area contributed by atoms with Crippen LogP contribution >= 0.6 is 0 Å². The first-order valence-electron chi connectivity index (χ1n) is 7.72. The maximum atomic E-state index is 12.3. The van der Waals surface area contributed by atoms with Crippen molar-refractivity contribution in [2.24, 2.45) is 11.8 Å². The van der Waals surface area contributed by atoms with Gasteiger partial charge in [0.25, 0.3) is 0 Å². The summed E-state index contributed by atoms with van der Waals surface area (Å²) in [5, 5.41) is 5.74. The van der Waals surface area contributed by atoms with Gasteiger partial charge in [-0.15, -0.1) is 0 Å². The van der Waals surface area contributed by atoms with Gasteiger partial charge in [0.2, 0.25) is 5.91 Å². The third-order valence-electron chi connectivity index (χ3n) is 3.62. The fraction of sp³-hybridized carbons (Fsp3) is 0.812. The molecule has 0 saturated carbocycles. The van der Waals surface area contributed by atoms with Crippen molar-refractivity contribution in [1.29, 1.82) is 0 Å². The van der Waals surface area contributed by atoms with Crippen LogP contribution in [0.15, 0.2) is 0 Å². The lowest BCUT2D eigenvalue weighted by atomic mass is 9.95. The van der Waals surface area contributed by atoms with E-state index in [2.05, 4.69) is 10.6 Å². The maximum absolute atomic E-state index is 12.3. The predicted molar refractivity (Wildman–Crippen MR) is 84.0 cm³/mol. The zero-order valence-corrected chi connectivity index (χ0v) is 14.2. The van der Waals surface area contributed by atoms with E-state index in [1.54, 1.807) is 0 Å². The van der Waals surface area contributed by atoms with Crippen LogP contribution in [0.2, 0.25) is 0 Å². The zero-order valence-electron chi connectivity index (χ0n) is 14.2. The molecule has 2 N–H and O–H groups in total. The molecule has 0 saturated heterocycles. The van der Waals surface area contributed by atoms with Crippen molar-refractivity contribution in [3.05, 3.63) is 0 Å². The van der Waals surface area contributed by atoms with Crippen molar-refractivity contribution in [1.82, 2.24) is 10.6 Å². The van der Waals surface area contributed by atoms with Crippen molar-refractivity contribution in [2.75, 3.05) is 6.54 Å². The third kappa shape index (κ3) is 7.95. The molecule has 0 spiro atoms. The molecule has 0 bridgehead atoms. The Morgan fingerprint density at radius 1 is 1.05 bits per heavy atom. The standard InChI is InChI=1S/C16H30N2O3/c1-7-11(4)16(12(5)19)17-9-15(21)14(8-10(2)3)18-13(6)20/h10-11,14,16-17H,7-9H2,1-6H3,(H,18,20)/t11?,14-,16-/m0/s1. The van der Waals surface area contributed by atoms with E-state index in [9.17, 15) is 14.4 Å². The second-order valence-electron chi connectivity index (χ2n) is 6.20. The molecule has 0 aliphatic rings. The van der Waals surface area contributed by atoms with Crippen molar-refractivity contribution in [3.8, 4) is 0 Å². The highest BCUT2D eigenvalue weighted by Crippen LogP contribution is 2.09. The van der Waals surface area contributed by atoms with Crippen molar-refractivity contribution in [2.45, 2.75) is 66.5 Å². The molecule has 1 amide bonds. The normalized spacial score (nSPS) is 15.4. The third-order valence-corrected chi connectivity index (χ3v) is 3.62. The Labute approximate surface area is 128 Å². The quantitative estimate of drug-likeness (QED) is 0.644. The van der Waals surface area contributed by atoms with Crippen molar-refractivity contribution < 1.29 is 14.4 Å². The van der Waals surface area contributed by atoms with Gasteiger partial charge in [0, 0.05) is 6.92 Å². The molecule has 0 heterocycles. The van der Waals surface area contributed by atoms with Gasteiger partial charge in [-0.05, 0) is 25.2 Å². The van der Waals surface area contributed by atoms with Gasteiger partial charge in [-0.25, -0.2) is 0 Å². The van der Waals surface area contributed by atoms with Crippen LogP contribution in [0.4, 0.5) is 0 Å². The average molecular weight is 298 g/mol. The number of amides is 1. The van der Waals surface area contributed by atoms with E-state index >= 15 is 0 Å². The first-order chi connectivity index (χ1) is 9.68. The molecule has 1 unspecified atom stereocenters. The number of hydrogen-bond acceptors (Lipinski definition) is 4. The zero-order chi connectivity index (χ0) is 16.6. The highest BCUT2D eigenvalue weighted by atomic mass is 16.2. The fourth-order valence-corrected chi connectivity index (χ4v) is 2.30. The molecular formula is C16H30N2O3. The van der Waals surface area contributed by atoms with Gasteiger partial charge < -0.3 is 10.6 Å². The van der Waals surface area contributed by atoms with E-state index in [0.717, 1.165) is 6.42 Å². The topological polar surface area (TPSA) is 75.3 Å². The minimum absolute atomic E-state index is 0.0390. The first-order valence-corrected chi connectivity index (χ1v) is 7.72. The Hall–Kier alpha value is -1.23. The lowest BCUT2D eigenvalue weighted by Crippen LogP contribution is -2.49. The molecule has 0 fully saturated rings. The molecular weight excluding hydrogens is 268 g/mol. The van der Waals surface area contributed by atoms with Crippen LogP contribution in [0.3, 0.4) is 0 Å². The van der Waals surface area contributed by atoms with Gasteiger partial charge in [-0.1, -0.05) is 34.1 Å². The minimum Gasteiger partial charge on any atom is -0.346 e. The van der Waals surface area contributed by atoms with Crippen LogP contribution in [0, 0.1) is 11.8 Å². The summed E-state index contributed by atoms with van der Waals surface area (Å²) in [4.78, 5) is 35.1. The largest absolute Gasteiger partial charge is 0.346 e. The average Bonchev–Trinajstić information content (AvgIpc) is 2.35. The highest BCUT2D eigenvalue weighted by Gasteiger charge is 2.24. The van der Waals surface area contributed by atoms with Crippen LogP contribution < -0.4 is 10.6 Å². The molecule has 0 aromatic rings. The summed E-state index contributed by atoms with van der Waals surface area (Å²) in [5.41, 5.74) is 0. The van der Waals surface area contributed by atoms with E-state index < -0.39 is 6.04 Å². The number of hydrogen-bond donors (Lipinski definition) is 2. The molecule has 122 valence electrons. The number of carbonyl (C=O) groups excluding carboxylic acids is 3. The van der Waals surface area contributed by atoms with Crippen LogP contribution in [0.1, 0.15) is 54.4 Å². The summed E-state index contributed by atoms with van der Waals surface area (Å²) in [7, 11) is 0. The molecule has 0 aliphatic carbocycles. The molecule has 5 nitrogen and oxygen atoms in total. The smallest absolute Gasteiger partial charge is 0.217 e. The SMILES string of the molecule is CCC(C)[C@H](NCC(=O)[C@H](CC(C)C)NC(C)=O)C(C)=O. The summed E-state index contributed by atoms with van der Waals surface area (Å²) >= 11 is 0. The van der Waals surface area contributed by atoms with Gasteiger partial charge in [0.1, 0.15) is 5.78 Å². The molecule has 5 heteroatoms. The van der Waals surface area contributed by atoms with E-state index in [4.69, 9.17) is 0 Å².